The van der Waals surface area contributed by atoms with Crippen LogP contribution in [0.2, 0.25) is 0 Å². The predicted molar refractivity (Wildman–Crippen MR) is 82.4 cm³/mol. The molecule has 0 bridgehead atoms. The largest absolute Gasteiger partial charge is 0.325 e. The van der Waals surface area contributed by atoms with Gasteiger partial charge in [-0.05, 0) is 11.5 Å². The first kappa shape index (κ1) is 14.1. The van der Waals surface area contributed by atoms with Crippen LogP contribution in [-0.2, 0) is 10.0 Å². The summed E-state index contributed by atoms with van der Waals surface area (Å²) in [6, 6.07) is 12.4. The maximum absolute atomic E-state index is 12.3. The number of hydrogen-bond donors (Lipinski definition) is 3. The molecule has 0 radical (unpaired) electrons. The van der Waals surface area contributed by atoms with Crippen LogP contribution in [0, 0.1) is 0 Å². The molecule has 0 atom stereocenters. The van der Waals surface area contributed by atoms with Gasteiger partial charge in [0.15, 0.2) is 4.90 Å². The summed E-state index contributed by atoms with van der Waals surface area (Å²) in [7, 11) is -4.12. The molecule has 8 heteroatoms. The summed E-state index contributed by atoms with van der Waals surface area (Å²) in [6.07, 6.45) is 0.870. The second-order valence-corrected chi connectivity index (χ2v) is 6.22. The average molecular weight is 317 g/mol. The van der Waals surface area contributed by atoms with Crippen LogP contribution in [0.4, 0.5) is 5.69 Å². The van der Waals surface area contributed by atoms with E-state index in [4.69, 9.17) is 0 Å². The fourth-order valence-electron chi connectivity index (χ4n) is 2.11. The summed E-state index contributed by atoms with van der Waals surface area (Å²) in [5.74, 6) is 0. The van der Waals surface area contributed by atoms with E-state index in [0.717, 1.165) is 11.6 Å². The number of rotatable bonds is 3. The van der Waals surface area contributed by atoms with Crippen molar-refractivity contribution in [2.24, 2.45) is 0 Å². The maximum Gasteiger partial charge on any atom is 0.325 e. The molecule has 0 fully saturated rings. The number of nitrogens with one attached hydrogen (secondary N) is 3. The third-order valence-electron chi connectivity index (χ3n) is 3.11. The number of fused-ring (bicyclic) bond motifs is 1. The first-order chi connectivity index (χ1) is 10.5. The summed E-state index contributed by atoms with van der Waals surface area (Å²) in [5, 5.41) is 1.56. The molecular weight excluding hydrogens is 306 g/mol. The van der Waals surface area contributed by atoms with Gasteiger partial charge >= 0.3 is 5.69 Å². The average Bonchev–Trinajstić information content (AvgIpc) is 2.47. The third kappa shape index (κ3) is 2.51. The lowest BCUT2D eigenvalue weighted by molar-refractivity contribution is 0.599. The van der Waals surface area contributed by atoms with Crippen LogP contribution in [-0.4, -0.2) is 18.4 Å². The molecule has 3 N–H and O–H groups in total. The molecule has 1 heterocycles. The number of benzene rings is 2. The van der Waals surface area contributed by atoms with Gasteiger partial charge in [-0.2, -0.15) is 0 Å². The summed E-state index contributed by atoms with van der Waals surface area (Å²) in [4.78, 5) is 26.1. The Hall–Kier alpha value is -2.87. The van der Waals surface area contributed by atoms with Crippen molar-refractivity contribution in [2.75, 3.05) is 4.72 Å². The van der Waals surface area contributed by atoms with E-state index in [-0.39, 0.29) is 0 Å². The van der Waals surface area contributed by atoms with Crippen molar-refractivity contribution >= 4 is 26.5 Å². The predicted octanol–water partition coefficient (Wildman–Crippen LogP) is 1.02. The summed E-state index contributed by atoms with van der Waals surface area (Å²) in [6.45, 7) is 0. The molecule has 7 nitrogen and oxygen atoms in total. The highest BCUT2D eigenvalue weighted by Crippen LogP contribution is 2.24. The van der Waals surface area contributed by atoms with Gasteiger partial charge in [-0.25, -0.2) is 13.2 Å². The molecule has 1 aromatic heterocycles. The lowest BCUT2D eigenvalue weighted by Crippen LogP contribution is -2.29. The minimum atomic E-state index is -4.12. The molecule has 112 valence electrons. The second-order valence-electron chi connectivity index (χ2n) is 4.57. The van der Waals surface area contributed by atoms with Crippen molar-refractivity contribution in [3.8, 4) is 0 Å². The van der Waals surface area contributed by atoms with Crippen LogP contribution >= 0.6 is 0 Å². The topological polar surface area (TPSA) is 112 Å². The maximum atomic E-state index is 12.3. The monoisotopic (exact) mass is 317 g/mol. The van der Waals surface area contributed by atoms with Gasteiger partial charge in [0.1, 0.15) is 0 Å². The fraction of sp³-hybridized carbons (Fsp3) is 0. The normalized spacial score (nSPS) is 11.5. The van der Waals surface area contributed by atoms with E-state index in [0.29, 0.717) is 11.1 Å². The summed E-state index contributed by atoms with van der Waals surface area (Å²) < 4.78 is 27.0. The van der Waals surface area contributed by atoms with E-state index >= 15 is 0 Å². The quantitative estimate of drug-likeness (QED) is 0.669. The van der Waals surface area contributed by atoms with E-state index < -0.39 is 26.2 Å². The van der Waals surface area contributed by atoms with Crippen LogP contribution in [0.5, 0.6) is 0 Å². The van der Waals surface area contributed by atoms with Crippen LogP contribution in [0.15, 0.2) is 63.1 Å². The Kier molecular flexibility index (Phi) is 3.30. The third-order valence-corrected chi connectivity index (χ3v) is 4.48. The van der Waals surface area contributed by atoms with Crippen molar-refractivity contribution in [3.05, 3.63) is 69.5 Å². The van der Waals surface area contributed by atoms with E-state index in [9.17, 15) is 18.0 Å². The fourth-order valence-corrected chi connectivity index (χ4v) is 3.20. The number of hydrogen-bond acceptors (Lipinski definition) is 4. The number of sulfonamides is 1. The second kappa shape index (κ2) is 5.15. The van der Waals surface area contributed by atoms with E-state index in [2.05, 4.69) is 9.71 Å². The molecule has 0 saturated heterocycles. The smallest absolute Gasteiger partial charge is 0.313 e. The highest BCUT2D eigenvalue weighted by atomic mass is 32.2. The Morgan fingerprint density at radius 2 is 1.68 bits per heavy atom. The Morgan fingerprint density at radius 3 is 2.45 bits per heavy atom. The molecule has 0 saturated carbocycles. The first-order valence-electron chi connectivity index (χ1n) is 6.30. The van der Waals surface area contributed by atoms with E-state index in [1.54, 1.807) is 24.3 Å². The van der Waals surface area contributed by atoms with Gasteiger partial charge in [-0.1, -0.05) is 36.4 Å². The highest BCUT2D eigenvalue weighted by molar-refractivity contribution is 7.92. The van der Waals surface area contributed by atoms with E-state index in [1.165, 1.54) is 0 Å². The van der Waals surface area contributed by atoms with Gasteiger partial charge < -0.3 is 4.98 Å². The molecule has 0 unspecified atom stereocenters. The van der Waals surface area contributed by atoms with Crippen LogP contribution < -0.4 is 16.0 Å². The number of aromatic amines is 2. The van der Waals surface area contributed by atoms with Crippen molar-refractivity contribution in [1.82, 2.24) is 9.97 Å². The number of H-pyrrole nitrogens is 2. The summed E-state index contributed by atoms with van der Waals surface area (Å²) in [5.41, 5.74) is -1.39. The Labute approximate surface area is 124 Å². The molecule has 22 heavy (non-hydrogen) atoms. The SMILES string of the molecule is O=c1[nH]cc(S(=O)(=O)Nc2cccc3ccccc23)c(=O)[nH]1. The zero-order valence-electron chi connectivity index (χ0n) is 11.2. The number of aromatic nitrogens is 2. The van der Waals surface area contributed by atoms with Crippen LogP contribution in [0.25, 0.3) is 10.8 Å². The van der Waals surface area contributed by atoms with Gasteiger partial charge in [0.05, 0.1) is 5.69 Å². The van der Waals surface area contributed by atoms with Gasteiger partial charge in [0.25, 0.3) is 15.6 Å². The molecule has 0 aliphatic heterocycles. The Bertz CT molecular complexity index is 1060. The molecule has 3 rings (SSSR count). The van der Waals surface area contributed by atoms with E-state index in [1.807, 2.05) is 23.2 Å². The van der Waals surface area contributed by atoms with Crippen LogP contribution in [0.1, 0.15) is 0 Å². The van der Waals surface area contributed by atoms with Crippen LogP contribution in [0.3, 0.4) is 0 Å². The molecule has 0 aliphatic carbocycles. The minimum Gasteiger partial charge on any atom is -0.313 e. The van der Waals surface area contributed by atoms with Crippen molar-refractivity contribution < 1.29 is 8.42 Å². The lowest BCUT2D eigenvalue weighted by atomic mass is 10.1. The summed E-state index contributed by atoms with van der Waals surface area (Å²) >= 11 is 0. The highest BCUT2D eigenvalue weighted by Gasteiger charge is 2.19. The lowest BCUT2D eigenvalue weighted by Gasteiger charge is -2.09. The van der Waals surface area contributed by atoms with Crippen molar-refractivity contribution in [2.45, 2.75) is 4.90 Å². The Balaban J connectivity index is 2.11. The standard InChI is InChI=1S/C14H11N3O4S/c18-13-12(8-15-14(19)16-13)22(20,21)17-11-7-3-5-9-4-1-2-6-10(9)11/h1-8,17H,(H2,15,16,18,19). The van der Waals surface area contributed by atoms with Crippen molar-refractivity contribution in [3.63, 3.8) is 0 Å². The molecule has 2 aromatic carbocycles. The minimum absolute atomic E-state index is 0.351. The van der Waals surface area contributed by atoms with Gasteiger partial charge in [0, 0.05) is 11.6 Å². The van der Waals surface area contributed by atoms with Gasteiger partial charge in [0.2, 0.25) is 0 Å². The zero-order valence-corrected chi connectivity index (χ0v) is 12.0. The number of anilines is 1. The molecular formula is C14H11N3O4S. The van der Waals surface area contributed by atoms with Gasteiger partial charge in [-0.15, -0.1) is 0 Å². The Morgan fingerprint density at radius 1 is 0.955 bits per heavy atom. The molecule has 0 aliphatic rings. The van der Waals surface area contributed by atoms with Gasteiger partial charge in [-0.3, -0.25) is 14.5 Å². The zero-order chi connectivity index (χ0) is 15.7. The molecule has 0 amide bonds. The molecule has 0 spiro atoms. The van der Waals surface area contributed by atoms with Crippen molar-refractivity contribution in [1.29, 1.82) is 0 Å². The first-order valence-corrected chi connectivity index (χ1v) is 7.78. The molecule has 3 aromatic rings.